The van der Waals surface area contributed by atoms with E-state index in [-0.39, 0.29) is 0 Å². The maximum Gasteiger partial charge on any atom is 0.0366 e. The molecule has 3 rings (SSSR count). The first-order chi connectivity index (χ1) is 8.70. The molecule has 1 saturated heterocycles. The van der Waals surface area contributed by atoms with Crippen molar-refractivity contribution in [2.45, 2.75) is 6.54 Å². The molecule has 3 nitrogen and oxygen atoms in total. The topological polar surface area (TPSA) is 32.5 Å². The number of likely N-dealkylation sites (N-methyl/N-ethyl adjacent to an activating group) is 1. The summed E-state index contributed by atoms with van der Waals surface area (Å²) in [7, 11) is 2.19. The fraction of sp³-hybridized carbons (Fsp3) is 0.429. The van der Waals surface area contributed by atoms with E-state index in [2.05, 4.69) is 35.0 Å². The second-order valence-corrected chi connectivity index (χ2v) is 6.26. The number of nitrogens with zero attached hydrogens (tertiary/aromatic N) is 2. The van der Waals surface area contributed by atoms with Gasteiger partial charge in [0, 0.05) is 48.0 Å². The van der Waals surface area contributed by atoms with E-state index in [1.807, 2.05) is 17.4 Å². The van der Waals surface area contributed by atoms with Crippen LogP contribution in [0.15, 0.2) is 24.3 Å². The van der Waals surface area contributed by atoms with Crippen molar-refractivity contribution < 1.29 is 0 Å². The van der Waals surface area contributed by atoms with Gasteiger partial charge in [0.25, 0.3) is 0 Å². The molecule has 0 unspecified atom stereocenters. The highest BCUT2D eigenvalue weighted by molar-refractivity contribution is 7.19. The molecule has 2 heterocycles. The third-order valence-corrected chi connectivity index (χ3v) is 4.65. The number of anilines is 1. The summed E-state index contributed by atoms with van der Waals surface area (Å²) in [4.78, 5) is 6.37. The number of piperazine rings is 1. The van der Waals surface area contributed by atoms with E-state index >= 15 is 0 Å². The predicted octanol–water partition coefficient (Wildman–Crippen LogP) is 2.23. The number of benzene rings is 1. The molecule has 4 heteroatoms. The van der Waals surface area contributed by atoms with Gasteiger partial charge in [-0.2, -0.15) is 0 Å². The Kier molecular flexibility index (Phi) is 3.24. The number of hydrogen-bond acceptors (Lipinski definition) is 4. The maximum atomic E-state index is 5.82. The van der Waals surface area contributed by atoms with Crippen LogP contribution in [0.4, 0.5) is 5.69 Å². The second kappa shape index (κ2) is 4.88. The van der Waals surface area contributed by atoms with Gasteiger partial charge in [0.1, 0.15) is 0 Å². The Morgan fingerprint density at radius 2 is 1.94 bits per heavy atom. The van der Waals surface area contributed by atoms with Gasteiger partial charge < -0.3 is 10.6 Å². The predicted molar refractivity (Wildman–Crippen MR) is 79.0 cm³/mol. The van der Waals surface area contributed by atoms with Crippen LogP contribution < -0.4 is 5.73 Å². The average Bonchev–Trinajstić information content (AvgIpc) is 2.73. The largest absolute Gasteiger partial charge is 0.399 e. The van der Waals surface area contributed by atoms with Crippen LogP contribution in [0.5, 0.6) is 0 Å². The summed E-state index contributed by atoms with van der Waals surface area (Å²) in [5.41, 5.74) is 6.68. The van der Waals surface area contributed by atoms with Gasteiger partial charge in [-0.1, -0.05) is 6.07 Å². The third kappa shape index (κ3) is 2.51. The molecule has 0 saturated carbocycles. The molecule has 0 bridgehead atoms. The van der Waals surface area contributed by atoms with Crippen LogP contribution in [0.1, 0.15) is 4.88 Å². The van der Waals surface area contributed by atoms with Crippen LogP contribution in [0.3, 0.4) is 0 Å². The van der Waals surface area contributed by atoms with E-state index in [1.165, 1.54) is 41.1 Å². The summed E-state index contributed by atoms with van der Waals surface area (Å²) in [6.07, 6.45) is 0. The van der Waals surface area contributed by atoms with Gasteiger partial charge in [-0.25, -0.2) is 0 Å². The average molecular weight is 261 g/mol. The van der Waals surface area contributed by atoms with E-state index in [0.717, 1.165) is 12.2 Å². The standard InChI is InChI=1S/C14H19N3S/c1-16-4-6-17(7-5-16)10-13-8-11-2-3-12(15)9-14(11)18-13/h2-3,8-9H,4-7,10,15H2,1H3. The number of fused-ring (bicyclic) bond motifs is 1. The number of hydrogen-bond donors (Lipinski definition) is 1. The molecule has 0 radical (unpaired) electrons. The molecular weight excluding hydrogens is 242 g/mol. The first-order valence-electron chi connectivity index (χ1n) is 6.39. The SMILES string of the molecule is CN1CCN(Cc2cc3ccc(N)cc3s2)CC1. The lowest BCUT2D eigenvalue weighted by Gasteiger charge is -2.31. The number of rotatable bonds is 2. The Hall–Kier alpha value is -1.10. The summed E-state index contributed by atoms with van der Waals surface area (Å²) in [6, 6.07) is 8.48. The van der Waals surface area contributed by atoms with Crippen LogP contribution in [-0.4, -0.2) is 43.0 Å². The molecule has 96 valence electrons. The Bertz CT molecular complexity index is 541. The van der Waals surface area contributed by atoms with Gasteiger partial charge in [0.15, 0.2) is 0 Å². The number of nitrogens with two attached hydrogens (primary N) is 1. The van der Waals surface area contributed by atoms with Gasteiger partial charge in [0.2, 0.25) is 0 Å². The highest BCUT2D eigenvalue weighted by Crippen LogP contribution is 2.28. The normalized spacial score (nSPS) is 18.5. The Morgan fingerprint density at radius 3 is 2.72 bits per heavy atom. The minimum absolute atomic E-state index is 0.857. The van der Waals surface area contributed by atoms with E-state index in [1.54, 1.807) is 0 Å². The monoisotopic (exact) mass is 261 g/mol. The molecular formula is C14H19N3S. The summed E-state index contributed by atoms with van der Waals surface area (Å²) in [5, 5.41) is 1.32. The van der Waals surface area contributed by atoms with Gasteiger partial charge in [0.05, 0.1) is 0 Å². The van der Waals surface area contributed by atoms with E-state index in [0.29, 0.717) is 0 Å². The molecule has 1 aromatic carbocycles. The fourth-order valence-corrected chi connectivity index (χ4v) is 3.56. The zero-order valence-electron chi connectivity index (χ0n) is 10.7. The second-order valence-electron chi connectivity index (χ2n) is 5.09. The molecule has 1 aromatic heterocycles. The summed E-state index contributed by atoms with van der Waals surface area (Å²) >= 11 is 1.87. The summed E-state index contributed by atoms with van der Waals surface area (Å²) in [5.74, 6) is 0. The minimum Gasteiger partial charge on any atom is -0.399 e. The smallest absolute Gasteiger partial charge is 0.0366 e. The molecule has 1 aliphatic rings. The summed E-state index contributed by atoms with van der Waals surface area (Å²) < 4.78 is 1.30. The van der Waals surface area contributed by atoms with Crippen molar-refractivity contribution in [1.82, 2.24) is 9.80 Å². The van der Waals surface area contributed by atoms with Crippen molar-refractivity contribution in [3.63, 3.8) is 0 Å². The van der Waals surface area contributed by atoms with Crippen molar-refractivity contribution in [3.8, 4) is 0 Å². The first kappa shape index (κ1) is 12.0. The highest BCUT2D eigenvalue weighted by Gasteiger charge is 2.14. The molecule has 2 aromatic rings. The Balaban J connectivity index is 1.74. The van der Waals surface area contributed by atoms with Crippen LogP contribution in [0.25, 0.3) is 10.1 Å². The van der Waals surface area contributed by atoms with Crippen molar-refractivity contribution in [3.05, 3.63) is 29.1 Å². The molecule has 0 amide bonds. The molecule has 0 aliphatic carbocycles. The third-order valence-electron chi connectivity index (χ3n) is 3.57. The van der Waals surface area contributed by atoms with Crippen LogP contribution in [0, 0.1) is 0 Å². The minimum atomic E-state index is 0.857. The van der Waals surface area contributed by atoms with Crippen molar-refractivity contribution in [1.29, 1.82) is 0 Å². The Morgan fingerprint density at radius 1 is 1.17 bits per heavy atom. The van der Waals surface area contributed by atoms with E-state index in [9.17, 15) is 0 Å². The lowest BCUT2D eigenvalue weighted by atomic mass is 10.2. The van der Waals surface area contributed by atoms with Crippen LogP contribution in [0.2, 0.25) is 0 Å². The lowest BCUT2D eigenvalue weighted by Crippen LogP contribution is -2.43. The van der Waals surface area contributed by atoms with Crippen LogP contribution in [-0.2, 0) is 6.54 Å². The zero-order valence-corrected chi connectivity index (χ0v) is 11.5. The molecule has 0 spiro atoms. The van der Waals surface area contributed by atoms with Gasteiger partial charge in [-0.15, -0.1) is 11.3 Å². The first-order valence-corrected chi connectivity index (χ1v) is 7.21. The maximum absolute atomic E-state index is 5.82. The van der Waals surface area contributed by atoms with Crippen molar-refractivity contribution in [2.24, 2.45) is 0 Å². The highest BCUT2D eigenvalue weighted by atomic mass is 32.1. The molecule has 0 atom stereocenters. The van der Waals surface area contributed by atoms with Crippen LogP contribution >= 0.6 is 11.3 Å². The van der Waals surface area contributed by atoms with Gasteiger partial charge in [-0.3, -0.25) is 4.90 Å². The van der Waals surface area contributed by atoms with Gasteiger partial charge >= 0.3 is 0 Å². The number of thiophene rings is 1. The zero-order chi connectivity index (χ0) is 12.5. The molecule has 2 N–H and O–H groups in total. The van der Waals surface area contributed by atoms with Crippen molar-refractivity contribution in [2.75, 3.05) is 39.0 Å². The molecule has 18 heavy (non-hydrogen) atoms. The Labute approximate surface area is 112 Å². The molecule has 1 aliphatic heterocycles. The van der Waals surface area contributed by atoms with E-state index in [4.69, 9.17) is 5.73 Å². The lowest BCUT2D eigenvalue weighted by molar-refractivity contribution is 0.149. The molecule has 1 fully saturated rings. The van der Waals surface area contributed by atoms with Crippen molar-refractivity contribution >= 4 is 27.1 Å². The number of nitrogen functional groups attached to an aromatic ring is 1. The van der Waals surface area contributed by atoms with Gasteiger partial charge in [-0.05, 0) is 30.6 Å². The quantitative estimate of drug-likeness (QED) is 0.842. The fourth-order valence-electron chi connectivity index (χ4n) is 2.41. The summed E-state index contributed by atoms with van der Waals surface area (Å²) in [6.45, 7) is 5.78. The van der Waals surface area contributed by atoms with E-state index < -0.39 is 0 Å².